The van der Waals surface area contributed by atoms with Crippen molar-refractivity contribution in [3.63, 3.8) is 0 Å². The number of hydrogen-bond acceptors (Lipinski definition) is 1. The quantitative estimate of drug-likeness (QED) is 0.772. The Labute approximate surface area is 141 Å². The summed E-state index contributed by atoms with van der Waals surface area (Å²) in [6, 6.07) is 8.56. The first-order valence-corrected chi connectivity index (χ1v) is 5.53. The average molecular weight is 335 g/mol. The Morgan fingerprint density at radius 3 is 1.52 bits per heavy atom. The topological polar surface area (TPSA) is 24.8 Å². The van der Waals surface area contributed by atoms with Gasteiger partial charge in [0.05, 0.1) is 0 Å². The van der Waals surface area contributed by atoms with Gasteiger partial charge >= 0.3 is 0 Å². The maximum atomic E-state index is 8.00. The van der Waals surface area contributed by atoms with Gasteiger partial charge in [-0.2, -0.15) is 0 Å². The third-order valence-corrected chi connectivity index (χ3v) is 2.57. The molecule has 2 heterocycles. The summed E-state index contributed by atoms with van der Waals surface area (Å²) < 4.78 is 4.20. The van der Waals surface area contributed by atoms with Gasteiger partial charge < -0.3 is 4.79 Å². The molecule has 2 rings (SSSR count). The van der Waals surface area contributed by atoms with E-state index in [-0.39, 0.29) is 39.7 Å². The number of nitrogens with zero attached hydrogens (tertiary/aromatic N) is 2. The second-order valence-corrected chi connectivity index (χ2v) is 3.67. The molecule has 0 unspecified atom stereocenters. The van der Waals surface area contributed by atoms with Gasteiger partial charge in [-0.1, -0.05) is 14.9 Å². The van der Waals surface area contributed by atoms with Crippen LogP contribution in [-0.4, -0.2) is 6.79 Å². The lowest BCUT2D eigenvalue weighted by molar-refractivity contribution is -0.693. The standard InChI is InChI=1S/C13H16N2.CH2O.2CH4.2ClH/c1-3-15-10-6-13(7-11-15)12-4-8-14(2)9-5-12;1-2;;;;/h4-11H,3H2,1-2H3;1H2;2*1H4;2*1H/q+2;;;;;. The molecular weight excluding hydrogens is 307 g/mol. The molecule has 0 aliphatic rings. The molecule has 0 aliphatic carbocycles. The Kier molecular flexibility index (Phi) is 19.8. The maximum absolute atomic E-state index is 8.00. The van der Waals surface area contributed by atoms with Gasteiger partial charge in [-0.05, 0) is 18.1 Å². The van der Waals surface area contributed by atoms with E-state index in [0.717, 1.165) is 6.54 Å². The van der Waals surface area contributed by atoms with Gasteiger partial charge in [0.15, 0.2) is 24.8 Å². The molecule has 0 aromatic carbocycles. The van der Waals surface area contributed by atoms with Crippen LogP contribution in [0.1, 0.15) is 21.8 Å². The lowest BCUT2D eigenvalue weighted by Gasteiger charge is -1.98. The molecule has 0 amide bonds. The molecule has 0 atom stereocenters. The molecule has 0 saturated heterocycles. The van der Waals surface area contributed by atoms with E-state index >= 15 is 0 Å². The van der Waals surface area contributed by atoms with E-state index in [1.165, 1.54) is 11.1 Å². The summed E-state index contributed by atoms with van der Waals surface area (Å²) in [4.78, 5) is 8.00. The first-order valence-electron chi connectivity index (χ1n) is 5.53. The first kappa shape index (κ1) is 27.8. The molecule has 0 N–H and O–H groups in total. The maximum Gasteiger partial charge on any atom is 0.169 e. The van der Waals surface area contributed by atoms with Crippen LogP contribution in [0, 0.1) is 0 Å². The molecule has 2 aromatic rings. The van der Waals surface area contributed by atoms with Crippen LogP contribution in [0.2, 0.25) is 0 Å². The van der Waals surface area contributed by atoms with Crippen molar-refractivity contribution in [1.82, 2.24) is 0 Å². The average Bonchev–Trinajstić information content (AvgIpc) is 2.42. The minimum atomic E-state index is 0. The van der Waals surface area contributed by atoms with Crippen LogP contribution >= 0.6 is 24.8 Å². The molecule has 120 valence electrons. The smallest absolute Gasteiger partial charge is 0.169 e. The number of hydrogen-bond donors (Lipinski definition) is 0. The molecule has 0 spiro atoms. The second kappa shape index (κ2) is 14.9. The summed E-state index contributed by atoms with van der Waals surface area (Å²) in [7, 11) is 2.03. The highest BCUT2D eigenvalue weighted by molar-refractivity contribution is 5.85. The summed E-state index contributed by atoms with van der Waals surface area (Å²) >= 11 is 0. The van der Waals surface area contributed by atoms with Gasteiger partial charge in [0.1, 0.15) is 20.4 Å². The molecule has 21 heavy (non-hydrogen) atoms. The largest absolute Gasteiger partial charge is 0.307 e. The number of rotatable bonds is 2. The van der Waals surface area contributed by atoms with E-state index in [9.17, 15) is 0 Å². The number of pyridine rings is 2. The van der Waals surface area contributed by atoms with E-state index in [1.54, 1.807) is 0 Å². The number of carbonyl (C=O) groups excluding carboxylic acids is 1. The van der Waals surface area contributed by atoms with E-state index < -0.39 is 0 Å². The SMILES string of the molecule is C.C.C=O.CC[n+]1ccc(-c2cc[n+](C)cc2)cc1.Cl.Cl. The van der Waals surface area contributed by atoms with Crippen LogP contribution < -0.4 is 9.13 Å². The summed E-state index contributed by atoms with van der Waals surface area (Å²) in [5.74, 6) is 0. The summed E-state index contributed by atoms with van der Waals surface area (Å²) in [5.41, 5.74) is 2.52. The normalized spacial score (nSPS) is 7.52. The summed E-state index contributed by atoms with van der Waals surface area (Å²) in [6.07, 6.45) is 8.36. The molecule has 3 nitrogen and oxygen atoms in total. The highest BCUT2D eigenvalue weighted by Gasteiger charge is 2.02. The van der Waals surface area contributed by atoms with E-state index in [1.807, 2.05) is 18.4 Å². The van der Waals surface area contributed by atoms with Gasteiger partial charge in [-0.3, -0.25) is 0 Å². The number of halogens is 2. The first-order chi connectivity index (χ1) is 8.29. The van der Waals surface area contributed by atoms with Crippen molar-refractivity contribution in [2.75, 3.05) is 0 Å². The lowest BCUT2D eigenvalue weighted by Crippen LogP contribution is -2.30. The highest BCUT2D eigenvalue weighted by atomic mass is 35.5. The van der Waals surface area contributed by atoms with Gasteiger partial charge in [0, 0.05) is 24.3 Å². The minimum Gasteiger partial charge on any atom is -0.307 e. The Hall–Kier alpha value is -1.45. The van der Waals surface area contributed by atoms with Crippen molar-refractivity contribution < 1.29 is 13.9 Å². The summed E-state index contributed by atoms with van der Waals surface area (Å²) in [5, 5.41) is 0. The van der Waals surface area contributed by atoms with Crippen LogP contribution in [-0.2, 0) is 18.4 Å². The van der Waals surface area contributed by atoms with Crippen LogP contribution in [0.4, 0.5) is 0 Å². The molecular formula is C16H28Cl2N2O+2. The lowest BCUT2D eigenvalue weighted by atomic mass is 10.1. The predicted molar refractivity (Wildman–Crippen MR) is 94.0 cm³/mol. The number of aromatic nitrogens is 2. The Morgan fingerprint density at radius 1 is 0.857 bits per heavy atom. The zero-order valence-electron chi connectivity index (χ0n) is 11.2. The van der Waals surface area contributed by atoms with Crippen LogP contribution in [0.5, 0.6) is 0 Å². The molecule has 0 saturated carbocycles. The van der Waals surface area contributed by atoms with E-state index in [2.05, 4.69) is 60.5 Å². The van der Waals surface area contributed by atoms with Crippen molar-refractivity contribution in [2.24, 2.45) is 7.05 Å². The van der Waals surface area contributed by atoms with E-state index in [0.29, 0.717) is 0 Å². The molecule has 0 aliphatic heterocycles. The van der Waals surface area contributed by atoms with Crippen molar-refractivity contribution in [3.8, 4) is 11.1 Å². The monoisotopic (exact) mass is 334 g/mol. The van der Waals surface area contributed by atoms with Gasteiger partial charge in [-0.25, -0.2) is 9.13 Å². The van der Waals surface area contributed by atoms with Crippen LogP contribution in [0.25, 0.3) is 11.1 Å². The fourth-order valence-corrected chi connectivity index (χ4v) is 1.55. The fourth-order valence-electron chi connectivity index (χ4n) is 1.55. The van der Waals surface area contributed by atoms with Gasteiger partial charge in [0.2, 0.25) is 0 Å². The minimum absolute atomic E-state index is 0. The number of aryl methyl sites for hydroxylation is 2. The fraction of sp³-hybridized carbons (Fsp3) is 0.312. The van der Waals surface area contributed by atoms with Crippen LogP contribution in [0.3, 0.4) is 0 Å². The molecule has 0 fully saturated rings. The molecule has 2 aromatic heterocycles. The predicted octanol–water partition coefficient (Wildman–Crippen LogP) is 3.42. The number of carbonyl (C=O) groups is 1. The van der Waals surface area contributed by atoms with Crippen molar-refractivity contribution in [3.05, 3.63) is 49.1 Å². The van der Waals surface area contributed by atoms with Crippen molar-refractivity contribution in [1.29, 1.82) is 0 Å². The zero-order chi connectivity index (χ0) is 12.7. The summed E-state index contributed by atoms with van der Waals surface area (Å²) in [6.45, 7) is 5.16. The van der Waals surface area contributed by atoms with Crippen molar-refractivity contribution in [2.45, 2.75) is 28.3 Å². The van der Waals surface area contributed by atoms with Crippen molar-refractivity contribution >= 4 is 31.6 Å². The molecule has 5 heteroatoms. The van der Waals surface area contributed by atoms with E-state index in [4.69, 9.17) is 4.79 Å². The third kappa shape index (κ3) is 8.43. The Morgan fingerprint density at radius 2 is 1.19 bits per heavy atom. The second-order valence-electron chi connectivity index (χ2n) is 3.67. The zero-order valence-corrected chi connectivity index (χ0v) is 12.8. The van der Waals surface area contributed by atoms with Gasteiger partial charge in [0.25, 0.3) is 0 Å². The highest BCUT2D eigenvalue weighted by Crippen LogP contribution is 2.15. The van der Waals surface area contributed by atoms with Gasteiger partial charge in [-0.15, -0.1) is 24.8 Å². The molecule has 0 radical (unpaired) electrons. The Bertz CT molecular complexity index is 459. The van der Waals surface area contributed by atoms with Crippen LogP contribution in [0.15, 0.2) is 49.1 Å². The third-order valence-electron chi connectivity index (χ3n) is 2.57. The Balaban J connectivity index is -0.000000231. The molecule has 0 bridgehead atoms.